The lowest BCUT2D eigenvalue weighted by molar-refractivity contribution is -0.139. The number of aromatic nitrogens is 1. The van der Waals surface area contributed by atoms with E-state index in [0.29, 0.717) is 32.5 Å². The molecule has 1 aromatic heterocycles. The number of piperazine rings is 1. The van der Waals surface area contributed by atoms with E-state index in [1.807, 2.05) is 41.4 Å². The van der Waals surface area contributed by atoms with Gasteiger partial charge in [-0.25, -0.2) is 0 Å². The Bertz CT molecular complexity index is 979. The third kappa shape index (κ3) is 6.79. The Morgan fingerprint density at radius 1 is 0.943 bits per heavy atom. The maximum Gasteiger partial charge on any atom is 0.309 e. The lowest BCUT2D eigenvalue weighted by Crippen LogP contribution is -2.51. The molecule has 2 saturated heterocycles. The van der Waals surface area contributed by atoms with Crippen molar-refractivity contribution < 1.29 is 14.4 Å². The zero-order valence-electron chi connectivity index (χ0n) is 20.1. The molecule has 2 aliphatic rings. The van der Waals surface area contributed by atoms with Gasteiger partial charge in [0.25, 0.3) is 0 Å². The van der Waals surface area contributed by atoms with E-state index in [-0.39, 0.29) is 11.9 Å². The molecule has 2 N–H and O–H groups in total. The van der Waals surface area contributed by atoms with Crippen LogP contribution in [0.25, 0.3) is 0 Å². The lowest BCUT2D eigenvalue weighted by atomic mass is 10.1. The molecular weight excluding hydrogens is 444 g/mol. The second kappa shape index (κ2) is 12.3. The number of para-hydroxylation sites is 1. The summed E-state index contributed by atoms with van der Waals surface area (Å²) in [5.74, 6) is -1.12. The molecule has 9 nitrogen and oxygen atoms in total. The zero-order chi connectivity index (χ0) is 24.5. The first-order chi connectivity index (χ1) is 17.1. The van der Waals surface area contributed by atoms with E-state index < -0.39 is 11.8 Å². The summed E-state index contributed by atoms with van der Waals surface area (Å²) < 4.78 is 0. The van der Waals surface area contributed by atoms with Crippen molar-refractivity contribution in [2.75, 3.05) is 57.3 Å². The number of benzene rings is 1. The van der Waals surface area contributed by atoms with E-state index in [9.17, 15) is 14.4 Å². The van der Waals surface area contributed by atoms with Crippen molar-refractivity contribution in [3.05, 3.63) is 60.4 Å². The van der Waals surface area contributed by atoms with Crippen LogP contribution in [0.1, 0.15) is 30.9 Å². The van der Waals surface area contributed by atoms with Gasteiger partial charge in [0.05, 0.1) is 6.04 Å². The standard InChI is InChI=1S/C26H34N6O3/c33-24-10-5-13-32(24)14-6-12-28-25(34)26(35)29-20-23(21-7-4-11-27-19-21)31-17-15-30(16-18-31)22-8-2-1-3-9-22/h1-4,7-9,11,19,23H,5-6,10,12-18,20H2,(H,28,34)(H,29,35). The summed E-state index contributed by atoms with van der Waals surface area (Å²) in [6.07, 6.45) is 5.69. The number of hydrogen-bond acceptors (Lipinski definition) is 6. The lowest BCUT2D eigenvalue weighted by Gasteiger charge is -2.40. The maximum absolute atomic E-state index is 12.5. The first-order valence-corrected chi connectivity index (χ1v) is 12.4. The van der Waals surface area contributed by atoms with Gasteiger partial charge in [0.15, 0.2) is 0 Å². The van der Waals surface area contributed by atoms with Crippen LogP contribution in [-0.4, -0.2) is 84.9 Å². The molecule has 0 bridgehead atoms. The average molecular weight is 479 g/mol. The van der Waals surface area contributed by atoms with Gasteiger partial charge in [0.1, 0.15) is 0 Å². The SMILES string of the molecule is O=C(NCCCN1CCCC1=O)C(=O)NCC(c1cccnc1)N1CCN(c2ccccc2)CC1. The first-order valence-electron chi connectivity index (χ1n) is 12.4. The molecule has 4 rings (SSSR count). The van der Waals surface area contributed by atoms with E-state index in [0.717, 1.165) is 44.7 Å². The molecule has 2 fully saturated rings. The Labute approximate surface area is 206 Å². The number of carbonyl (C=O) groups is 3. The summed E-state index contributed by atoms with van der Waals surface area (Å²) in [4.78, 5) is 47.2. The summed E-state index contributed by atoms with van der Waals surface area (Å²) >= 11 is 0. The molecule has 35 heavy (non-hydrogen) atoms. The van der Waals surface area contributed by atoms with Gasteiger partial charge in [0, 0.05) is 76.9 Å². The molecule has 0 saturated carbocycles. The van der Waals surface area contributed by atoms with E-state index in [4.69, 9.17) is 0 Å². The molecule has 3 amide bonds. The third-order valence-corrected chi connectivity index (χ3v) is 6.67. The monoisotopic (exact) mass is 478 g/mol. The van der Waals surface area contributed by atoms with Crippen LogP contribution in [0.2, 0.25) is 0 Å². The molecule has 0 radical (unpaired) electrons. The van der Waals surface area contributed by atoms with E-state index >= 15 is 0 Å². The number of rotatable bonds is 9. The van der Waals surface area contributed by atoms with Gasteiger partial charge in [0.2, 0.25) is 5.91 Å². The highest BCUT2D eigenvalue weighted by molar-refractivity contribution is 6.35. The first kappa shape index (κ1) is 24.7. The number of nitrogens with one attached hydrogen (secondary N) is 2. The number of pyridine rings is 1. The molecule has 3 heterocycles. The average Bonchev–Trinajstić information content (AvgIpc) is 3.32. The van der Waals surface area contributed by atoms with Crippen LogP contribution in [0.15, 0.2) is 54.9 Å². The van der Waals surface area contributed by atoms with E-state index in [2.05, 4.69) is 37.6 Å². The number of amides is 3. The molecule has 1 aromatic carbocycles. The molecule has 2 aromatic rings. The normalized spacial score (nSPS) is 17.3. The van der Waals surface area contributed by atoms with Gasteiger partial charge >= 0.3 is 11.8 Å². The summed E-state index contributed by atoms with van der Waals surface area (Å²) in [7, 11) is 0. The van der Waals surface area contributed by atoms with Crippen LogP contribution in [0, 0.1) is 0 Å². The van der Waals surface area contributed by atoms with Crippen molar-refractivity contribution in [2.24, 2.45) is 0 Å². The molecule has 1 unspecified atom stereocenters. The molecule has 9 heteroatoms. The number of likely N-dealkylation sites (tertiary alicyclic amines) is 1. The second-order valence-corrected chi connectivity index (χ2v) is 8.96. The van der Waals surface area contributed by atoms with Gasteiger partial charge in [-0.2, -0.15) is 0 Å². The third-order valence-electron chi connectivity index (χ3n) is 6.67. The quantitative estimate of drug-likeness (QED) is 0.415. The van der Waals surface area contributed by atoms with Crippen LogP contribution in [-0.2, 0) is 14.4 Å². The van der Waals surface area contributed by atoms with Gasteiger partial charge in [-0.15, -0.1) is 0 Å². The van der Waals surface area contributed by atoms with Gasteiger partial charge in [-0.3, -0.25) is 24.3 Å². The fourth-order valence-electron chi connectivity index (χ4n) is 4.72. The van der Waals surface area contributed by atoms with Crippen molar-refractivity contribution in [3.63, 3.8) is 0 Å². The Morgan fingerprint density at radius 3 is 2.40 bits per heavy atom. The number of hydrogen-bond donors (Lipinski definition) is 2. The minimum Gasteiger partial charge on any atom is -0.369 e. The van der Waals surface area contributed by atoms with Crippen LogP contribution in [0.4, 0.5) is 5.69 Å². The van der Waals surface area contributed by atoms with Crippen molar-refractivity contribution in [1.82, 2.24) is 25.4 Å². The summed E-state index contributed by atoms with van der Waals surface area (Å²) in [5.41, 5.74) is 2.22. The Morgan fingerprint density at radius 2 is 1.71 bits per heavy atom. The summed E-state index contributed by atoms with van der Waals surface area (Å²) in [6.45, 7) is 5.53. The number of anilines is 1. The molecule has 0 aliphatic carbocycles. The highest BCUT2D eigenvalue weighted by atomic mass is 16.2. The highest BCUT2D eigenvalue weighted by Crippen LogP contribution is 2.23. The van der Waals surface area contributed by atoms with Crippen LogP contribution in [0.3, 0.4) is 0 Å². The Kier molecular flexibility index (Phi) is 8.67. The minimum absolute atomic E-state index is 0.0699. The Balaban J connectivity index is 1.26. The van der Waals surface area contributed by atoms with Gasteiger partial charge < -0.3 is 20.4 Å². The van der Waals surface area contributed by atoms with Crippen molar-refractivity contribution in [2.45, 2.75) is 25.3 Å². The number of carbonyl (C=O) groups excluding carboxylic acids is 3. The number of nitrogens with zero attached hydrogens (tertiary/aromatic N) is 4. The summed E-state index contributed by atoms with van der Waals surface area (Å²) in [6, 6.07) is 14.2. The zero-order valence-corrected chi connectivity index (χ0v) is 20.1. The molecule has 2 aliphatic heterocycles. The molecular formula is C26H34N6O3. The maximum atomic E-state index is 12.5. The topological polar surface area (TPSA) is 97.9 Å². The smallest absolute Gasteiger partial charge is 0.309 e. The molecule has 0 spiro atoms. The van der Waals surface area contributed by atoms with E-state index in [1.165, 1.54) is 5.69 Å². The largest absolute Gasteiger partial charge is 0.369 e. The predicted molar refractivity (Wildman–Crippen MR) is 134 cm³/mol. The molecule has 186 valence electrons. The van der Waals surface area contributed by atoms with Crippen LogP contribution in [0.5, 0.6) is 0 Å². The minimum atomic E-state index is -0.642. The second-order valence-electron chi connectivity index (χ2n) is 8.96. The van der Waals surface area contributed by atoms with Crippen LogP contribution >= 0.6 is 0 Å². The fraction of sp³-hybridized carbons (Fsp3) is 0.462. The highest BCUT2D eigenvalue weighted by Gasteiger charge is 2.27. The van der Waals surface area contributed by atoms with Gasteiger partial charge in [-0.05, 0) is 36.6 Å². The molecule has 1 atom stereocenters. The predicted octanol–water partition coefficient (Wildman–Crippen LogP) is 1.19. The fourth-order valence-corrected chi connectivity index (χ4v) is 4.72. The van der Waals surface area contributed by atoms with Crippen molar-refractivity contribution in [3.8, 4) is 0 Å². The Hall–Kier alpha value is -3.46. The van der Waals surface area contributed by atoms with E-state index in [1.54, 1.807) is 6.20 Å². The van der Waals surface area contributed by atoms with Crippen LogP contribution < -0.4 is 15.5 Å². The van der Waals surface area contributed by atoms with Gasteiger partial charge in [-0.1, -0.05) is 24.3 Å². The summed E-state index contributed by atoms with van der Waals surface area (Å²) in [5, 5.41) is 5.48. The van der Waals surface area contributed by atoms with Crippen molar-refractivity contribution in [1.29, 1.82) is 0 Å². The van der Waals surface area contributed by atoms with Crippen molar-refractivity contribution >= 4 is 23.4 Å².